The highest BCUT2D eigenvalue weighted by atomic mass is 19.1. The molecule has 0 atom stereocenters. The van der Waals surface area contributed by atoms with Crippen molar-refractivity contribution in [2.75, 3.05) is 5.32 Å². The Balaban J connectivity index is 2.23. The molecule has 0 aliphatic carbocycles. The topological polar surface area (TPSA) is 79.3 Å². The highest BCUT2D eigenvalue weighted by Gasteiger charge is 2.11. The van der Waals surface area contributed by atoms with Crippen molar-refractivity contribution in [3.63, 3.8) is 0 Å². The number of carboxylic acid groups (broad SMARTS) is 1. The molecule has 102 valence electrons. The lowest BCUT2D eigenvalue weighted by Gasteiger charge is -2.05. The third kappa shape index (κ3) is 3.14. The third-order valence-electron chi connectivity index (χ3n) is 2.37. The van der Waals surface area contributed by atoms with Gasteiger partial charge in [0.25, 0.3) is 5.91 Å². The Hall–Kier alpha value is -2.83. The molecular formula is C13H8F2N2O3. The molecule has 7 heteroatoms. The van der Waals surface area contributed by atoms with Crippen molar-refractivity contribution in [2.24, 2.45) is 0 Å². The number of nitrogens with zero attached hydrogens (tertiary/aromatic N) is 1. The van der Waals surface area contributed by atoms with Crippen LogP contribution in [-0.2, 0) is 0 Å². The van der Waals surface area contributed by atoms with Gasteiger partial charge in [-0.2, -0.15) is 0 Å². The number of anilines is 1. The van der Waals surface area contributed by atoms with Gasteiger partial charge in [-0.15, -0.1) is 0 Å². The van der Waals surface area contributed by atoms with Crippen molar-refractivity contribution >= 4 is 17.7 Å². The Labute approximate surface area is 111 Å². The molecule has 1 aromatic heterocycles. The second-order valence-corrected chi connectivity index (χ2v) is 3.85. The second kappa shape index (κ2) is 5.43. The molecule has 1 amide bonds. The van der Waals surface area contributed by atoms with Crippen molar-refractivity contribution in [2.45, 2.75) is 0 Å². The van der Waals surface area contributed by atoms with Crippen LogP contribution < -0.4 is 5.32 Å². The number of benzene rings is 1. The Bertz CT molecular complexity index is 669. The van der Waals surface area contributed by atoms with E-state index in [0.717, 1.165) is 18.2 Å². The molecule has 2 rings (SSSR count). The number of halogens is 2. The van der Waals surface area contributed by atoms with Crippen molar-refractivity contribution in [3.8, 4) is 0 Å². The van der Waals surface area contributed by atoms with E-state index in [9.17, 15) is 18.4 Å². The zero-order valence-electron chi connectivity index (χ0n) is 9.93. The number of aromatic carboxylic acids is 1. The average Bonchev–Trinajstić information content (AvgIpc) is 2.37. The summed E-state index contributed by atoms with van der Waals surface area (Å²) in [5.41, 5.74) is -0.300. The Morgan fingerprint density at radius 3 is 2.30 bits per heavy atom. The molecule has 1 heterocycles. The normalized spacial score (nSPS) is 10.1. The lowest BCUT2D eigenvalue weighted by Crippen LogP contribution is -2.14. The van der Waals surface area contributed by atoms with Crippen LogP contribution in [-0.4, -0.2) is 22.0 Å². The summed E-state index contributed by atoms with van der Waals surface area (Å²) in [5, 5.41) is 11.1. The Morgan fingerprint density at radius 1 is 1.05 bits per heavy atom. The van der Waals surface area contributed by atoms with E-state index in [1.54, 1.807) is 0 Å². The zero-order valence-corrected chi connectivity index (χ0v) is 9.93. The molecule has 1 aromatic carbocycles. The molecule has 0 saturated heterocycles. The van der Waals surface area contributed by atoms with Crippen LogP contribution >= 0.6 is 0 Å². The van der Waals surface area contributed by atoms with E-state index >= 15 is 0 Å². The number of hydrogen-bond acceptors (Lipinski definition) is 3. The summed E-state index contributed by atoms with van der Waals surface area (Å²) >= 11 is 0. The van der Waals surface area contributed by atoms with Crippen LogP contribution in [0.25, 0.3) is 0 Å². The molecule has 0 saturated carbocycles. The average molecular weight is 278 g/mol. The van der Waals surface area contributed by atoms with Crippen LogP contribution in [0.3, 0.4) is 0 Å². The SMILES string of the molecule is O=C(O)c1ccnc(NC(=O)c2cc(F)cc(F)c2)c1. The quantitative estimate of drug-likeness (QED) is 0.903. The van der Waals surface area contributed by atoms with E-state index < -0.39 is 23.5 Å². The van der Waals surface area contributed by atoms with Gasteiger partial charge in [-0.25, -0.2) is 18.6 Å². The van der Waals surface area contributed by atoms with Crippen LogP contribution in [0.2, 0.25) is 0 Å². The fourth-order valence-corrected chi connectivity index (χ4v) is 1.51. The maximum absolute atomic E-state index is 13.0. The van der Waals surface area contributed by atoms with E-state index in [4.69, 9.17) is 5.11 Å². The molecule has 20 heavy (non-hydrogen) atoms. The van der Waals surface area contributed by atoms with Crippen LogP contribution in [0.4, 0.5) is 14.6 Å². The maximum Gasteiger partial charge on any atom is 0.335 e. The minimum Gasteiger partial charge on any atom is -0.478 e. The van der Waals surface area contributed by atoms with Crippen molar-refractivity contribution in [1.29, 1.82) is 0 Å². The van der Waals surface area contributed by atoms with E-state index in [2.05, 4.69) is 10.3 Å². The molecule has 2 N–H and O–H groups in total. The molecule has 0 radical (unpaired) electrons. The summed E-state index contributed by atoms with van der Waals surface area (Å²) in [7, 11) is 0. The summed E-state index contributed by atoms with van der Waals surface area (Å²) in [4.78, 5) is 26.3. The molecule has 0 spiro atoms. The predicted octanol–water partition coefficient (Wildman–Crippen LogP) is 2.31. The van der Waals surface area contributed by atoms with E-state index in [1.807, 2.05) is 0 Å². The van der Waals surface area contributed by atoms with Gasteiger partial charge in [0.1, 0.15) is 17.5 Å². The maximum atomic E-state index is 13.0. The van der Waals surface area contributed by atoms with Gasteiger partial charge < -0.3 is 10.4 Å². The monoisotopic (exact) mass is 278 g/mol. The fraction of sp³-hybridized carbons (Fsp3) is 0. The molecule has 0 fully saturated rings. The first kappa shape index (κ1) is 13.6. The van der Waals surface area contributed by atoms with Crippen molar-refractivity contribution in [1.82, 2.24) is 4.98 Å². The lowest BCUT2D eigenvalue weighted by molar-refractivity contribution is 0.0696. The minimum atomic E-state index is -1.18. The standard InChI is InChI=1S/C13H8F2N2O3/c14-9-3-8(4-10(15)6-9)12(18)17-11-5-7(13(19)20)1-2-16-11/h1-6H,(H,19,20)(H,16,17,18). The number of rotatable bonds is 3. The summed E-state index contributed by atoms with van der Waals surface area (Å²) in [6, 6.07) is 4.74. The van der Waals surface area contributed by atoms with Gasteiger partial charge in [0, 0.05) is 17.8 Å². The van der Waals surface area contributed by atoms with Gasteiger partial charge in [-0.1, -0.05) is 0 Å². The first-order chi connectivity index (χ1) is 9.45. The minimum absolute atomic E-state index is 0.0282. The summed E-state index contributed by atoms with van der Waals surface area (Å²) in [6.07, 6.45) is 1.20. The van der Waals surface area contributed by atoms with Crippen molar-refractivity contribution in [3.05, 3.63) is 59.3 Å². The molecule has 0 unspecified atom stereocenters. The Kier molecular flexibility index (Phi) is 3.69. The number of hydrogen-bond donors (Lipinski definition) is 2. The largest absolute Gasteiger partial charge is 0.478 e. The summed E-state index contributed by atoms with van der Waals surface area (Å²) in [5.74, 6) is -3.78. The van der Waals surface area contributed by atoms with Gasteiger partial charge in [0.05, 0.1) is 5.56 Å². The number of amides is 1. The first-order valence-electron chi connectivity index (χ1n) is 5.42. The van der Waals surface area contributed by atoms with Gasteiger partial charge in [-0.05, 0) is 24.3 Å². The number of aromatic nitrogens is 1. The number of carbonyl (C=O) groups excluding carboxylic acids is 1. The van der Waals surface area contributed by atoms with Crippen LogP contribution in [0, 0.1) is 11.6 Å². The first-order valence-corrected chi connectivity index (χ1v) is 5.42. The van der Waals surface area contributed by atoms with Crippen LogP contribution in [0.5, 0.6) is 0 Å². The number of carbonyl (C=O) groups is 2. The molecule has 5 nitrogen and oxygen atoms in total. The lowest BCUT2D eigenvalue weighted by atomic mass is 10.2. The molecule has 0 bridgehead atoms. The summed E-state index contributed by atoms with van der Waals surface area (Å²) in [6.45, 7) is 0. The van der Waals surface area contributed by atoms with Gasteiger partial charge in [0.15, 0.2) is 0 Å². The van der Waals surface area contributed by atoms with Crippen LogP contribution in [0.15, 0.2) is 36.5 Å². The van der Waals surface area contributed by atoms with E-state index in [0.29, 0.717) is 6.07 Å². The molecule has 0 aliphatic rings. The van der Waals surface area contributed by atoms with Gasteiger partial charge in [-0.3, -0.25) is 4.79 Å². The third-order valence-corrected chi connectivity index (χ3v) is 2.37. The van der Waals surface area contributed by atoms with Gasteiger partial charge >= 0.3 is 5.97 Å². The second-order valence-electron chi connectivity index (χ2n) is 3.85. The fourth-order valence-electron chi connectivity index (χ4n) is 1.51. The molecule has 2 aromatic rings. The smallest absolute Gasteiger partial charge is 0.335 e. The predicted molar refractivity (Wildman–Crippen MR) is 65.5 cm³/mol. The van der Waals surface area contributed by atoms with E-state index in [1.165, 1.54) is 12.3 Å². The summed E-state index contributed by atoms with van der Waals surface area (Å²) < 4.78 is 26.0. The molecular weight excluding hydrogens is 270 g/mol. The number of nitrogens with one attached hydrogen (secondary N) is 1. The number of pyridine rings is 1. The Morgan fingerprint density at radius 2 is 1.70 bits per heavy atom. The van der Waals surface area contributed by atoms with Gasteiger partial charge in [0.2, 0.25) is 0 Å². The van der Waals surface area contributed by atoms with Crippen molar-refractivity contribution < 1.29 is 23.5 Å². The highest BCUT2D eigenvalue weighted by Crippen LogP contribution is 2.12. The molecule has 0 aliphatic heterocycles. The van der Waals surface area contributed by atoms with E-state index in [-0.39, 0.29) is 16.9 Å². The number of carboxylic acids is 1. The van der Waals surface area contributed by atoms with Crippen LogP contribution in [0.1, 0.15) is 20.7 Å². The zero-order chi connectivity index (χ0) is 14.7. The highest BCUT2D eigenvalue weighted by molar-refractivity contribution is 6.04.